The van der Waals surface area contributed by atoms with Crippen LogP contribution in [0.1, 0.15) is 25.1 Å². The topological polar surface area (TPSA) is 71.9 Å². The fourth-order valence-electron chi connectivity index (χ4n) is 3.07. The Bertz CT molecular complexity index is 971. The van der Waals surface area contributed by atoms with Gasteiger partial charge >= 0.3 is 0 Å². The molecule has 2 N–H and O–H groups in total. The average molecular weight is 357 g/mol. The molecule has 4 heteroatoms. The monoisotopic (exact) mass is 357 g/mol. The van der Waals surface area contributed by atoms with Crippen LogP contribution >= 0.6 is 0 Å². The lowest BCUT2D eigenvalue weighted by molar-refractivity contribution is 0.271. The molecule has 3 aromatic rings. The number of ether oxygens (including phenoxy) is 1. The molecule has 27 heavy (non-hydrogen) atoms. The van der Waals surface area contributed by atoms with E-state index in [2.05, 4.69) is 24.9 Å². The highest BCUT2D eigenvalue weighted by Crippen LogP contribution is 2.39. The van der Waals surface area contributed by atoms with Crippen LogP contribution in [0.5, 0.6) is 5.75 Å². The van der Waals surface area contributed by atoms with Crippen molar-refractivity contribution in [3.8, 4) is 34.1 Å². The molecule has 0 atom stereocenters. The molecular formula is C23H23N3O. The van der Waals surface area contributed by atoms with Crippen LogP contribution in [0.25, 0.3) is 22.3 Å². The highest BCUT2D eigenvalue weighted by molar-refractivity contribution is 5.91. The summed E-state index contributed by atoms with van der Waals surface area (Å²) in [5, 5.41) is 9.73. The second-order valence-corrected chi connectivity index (χ2v) is 6.91. The van der Waals surface area contributed by atoms with Gasteiger partial charge in [0.1, 0.15) is 23.2 Å². The first kappa shape index (κ1) is 18.5. The van der Waals surface area contributed by atoms with E-state index < -0.39 is 0 Å². The maximum atomic E-state index is 9.73. The van der Waals surface area contributed by atoms with Gasteiger partial charge in [-0.1, -0.05) is 56.3 Å². The van der Waals surface area contributed by atoms with Gasteiger partial charge in [-0.15, -0.1) is 0 Å². The van der Waals surface area contributed by atoms with Crippen LogP contribution in [0, 0.1) is 24.2 Å². The molecule has 0 bridgehead atoms. The van der Waals surface area contributed by atoms with Crippen molar-refractivity contribution < 1.29 is 4.74 Å². The molecule has 0 aliphatic carbocycles. The number of nitrogens with two attached hydrogens (primary N) is 1. The zero-order valence-electron chi connectivity index (χ0n) is 15.9. The van der Waals surface area contributed by atoms with Gasteiger partial charge in [-0.05, 0) is 36.1 Å². The molecule has 0 fully saturated rings. The summed E-state index contributed by atoms with van der Waals surface area (Å²) in [6.45, 7) is 6.81. The Morgan fingerprint density at radius 1 is 1.00 bits per heavy atom. The fourth-order valence-corrected chi connectivity index (χ4v) is 3.07. The zero-order chi connectivity index (χ0) is 19.4. The minimum absolute atomic E-state index is 0.254. The molecule has 0 spiro atoms. The van der Waals surface area contributed by atoms with E-state index in [4.69, 9.17) is 10.5 Å². The zero-order valence-corrected chi connectivity index (χ0v) is 15.9. The summed E-state index contributed by atoms with van der Waals surface area (Å²) in [6.07, 6.45) is 0. The molecule has 136 valence electrons. The molecule has 1 heterocycles. The second-order valence-electron chi connectivity index (χ2n) is 6.91. The number of nitriles is 1. The average Bonchev–Trinajstić information content (AvgIpc) is 2.67. The van der Waals surface area contributed by atoms with E-state index in [1.807, 2.05) is 61.5 Å². The normalized spacial score (nSPS) is 10.6. The Hall–Kier alpha value is -3.32. The molecule has 2 aromatic carbocycles. The fraction of sp³-hybridized carbons (Fsp3) is 0.217. The number of aromatic nitrogens is 1. The van der Waals surface area contributed by atoms with Gasteiger partial charge in [0.05, 0.1) is 6.61 Å². The molecule has 0 unspecified atom stereocenters. The lowest BCUT2D eigenvalue weighted by Crippen LogP contribution is -2.05. The van der Waals surface area contributed by atoms with Crippen molar-refractivity contribution in [2.75, 3.05) is 12.3 Å². The molecule has 0 radical (unpaired) electrons. The van der Waals surface area contributed by atoms with Crippen LogP contribution in [0.2, 0.25) is 0 Å². The summed E-state index contributed by atoms with van der Waals surface area (Å²) >= 11 is 0. The van der Waals surface area contributed by atoms with Gasteiger partial charge in [0.2, 0.25) is 0 Å². The molecule has 3 rings (SSSR count). The summed E-state index contributed by atoms with van der Waals surface area (Å²) in [4.78, 5) is 4.40. The molecule has 1 aromatic heterocycles. The van der Waals surface area contributed by atoms with Crippen molar-refractivity contribution in [2.24, 2.45) is 5.92 Å². The van der Waals surface area contributed by atoms with Crippen LogP contribution in [-0.4, -0.2) is 11.6 Å². The third-order valence-electron chi connectivity index (χ3n) is 4.31. The highest BCUT2D eigenvalue weighted by atomic mass is 16.5. The third-order valence-corrected chi connectivity index (χ3v) is 4.31. The molecule has 0 aliphatic heterocycles. The SMILES string of the molecule is Cc1nc(N)c(C#N)c(-c2ccc(OCC(C)C)cc2)c1-c1ccccc1. The van der Waals surface area contributed by atoms with Crippen molar-refractivity contribution >= 4 is 5.82 Å². The molecular weight excluding hydrogens is 334 g/mol. The predicted molar refractivity (Wildman–Crippen MR) is 109 cm³/mol. The Morgan fingerprint density at radius 3 is 2.22 bits per heavy atom. The molecule has 0 saturated carbocycles. The Balaban J connectivity index is 2.15. The number of anilines is 1. The third kappa shape index (κ3) is 3.93. The first-order valence-electron chi connectivity index (χ1n) is 9.00. The second kappa shape index (κ2) is 7.92. The number of pyridine rings is 1. The van der Waals surface area contributed by atoms with Gasteiger partial charge in [-0.25, -0.2) is 4.98 Å². The minimum Gasteiger partial charge on any atom is -0.493 e. The highest BCUT2D eigenvalue weighted by Gasteiger charge is 2.19. The number of benzene rings is 2. The van der Waals surface area contributed by atoms with Gasteiger partial charge in [0, 0.05) is 16.8 Å². The van der Waals surface area contributed by atoms with E-state index in [-0.39, 0.29) is 5.82 Å². The van der Waals surface area contributed by atoms with Gasteiger partial charge < -0.3 is 10.5 Å². The Morgan fingerprint density at radius 2 is 1.63 bits per heavy atom. The maximum Gasteiger partial charge on any atom is 0.142 e. The molecule has 0 aliphatic rings. The standard InChI is InChI=1S/C23H23N3O/c1-15(2)14-27-19-11-9-18(10-12-19)22-20(13-24)23(25)26-16(3)21(22)17-7-5-4-6-8-17/h4-12,15H,14H2,1-3H3,(H2,25,26). The van der Waals surface area contributed by atoms with E-state index in [0.717, 1.165) is 33.7 Å². The first-order valence-corrected chi connectivity index (χ1v) is 9.00. The largest absolute Gasteiger partial charge is 0.493 e. The quantitative estimate of drug-likeness (QED) is 0.680. The van der Waals surface area contributed by atoms with E-state index >= 15 is 0 Å². The first-order chi connectivity index (χ1) is 13.0. The van der Waals surface area contributed by atoms with E-state index in [1.165, 1.54) is 0 Å². The van der Waals surface area contributed by atoms with Crippen molar-refractivity contribution in [3.63, 3.8) is 0 Å². The van der Waals surface area contributed by atoms with E-state index in [9.17, 15) is 5.26 Å². The number of nitrogen functional groups attached to an aromatic ring is 1. The number of aryl methyl sites for hydroxylation is 1. The summed E-state index contributed by atoms with van der Waals surface area (Å²) in [6, 6.07) is 20.0. The van der Waals surface area contributed by atoms with Crippen LogP contribution in [-0.2, 0) is 0 Å². The lowest BCUT2D eigenvalue weighted by Gasteiger charge is -2.17. The predicted octanol–water partition coefficient (Wildman–Crippen LogP) is 5.21. The van der Waals surface area contributed by atoms with Crippen LogP contribution in [0.3, 0.4) is 0 Å². The van der Waals surface area contributed by atoms with Gasteiger partial charge in [-0.3, -0.25) is 0 Å². The number of rotatable bonds is 5. The van der Waals surface area contributed by atoms with Gasteiger partial charge in [0.25, 0.3) is 0 Å². The minimum atomic E-state index is 0.254. The van der Waals surface area contributed by atoms with E-state index in [1.54, 1.807) is 0 Å². The lowest BCUT2D eigenvalue weighted by atomic mass is 9.90. The smallest absolute Gasteiger partial charge is 0.142 e. The number of nitrogens with zero attached hydrogens (tertiary/aromatic N) is 2. The Labute approximate surface area is 160 Å². The van der Waals surface area contributed by atoms with Crippen LogP contribution in [0.15, 0.2) is 54.6 Å². The number of hydrogen-bond acceptors (Lipinski definition) is 4. The summed E-state index contributed by atoms with van der Waals surface area (Å²) in [5.41, 5.74) is 10.9. The summed E-state index contributed by atoms with van der Waals surface area (Å²) in [5.74, 6) is 1.53. The van der Waals surface area contributed by atoms with Crippen LogP contribution in [0.4, 0.5) is 5.82 Å². The Kier molecular flexibility index (Phi) is 5.42. The van der Waals surface area contributed by atoms with Gasteiger partial charge in [-0.2, -0.15) is 5.26 Å². The maximum absolute atomic E-state index is 9.73. The number of hydrogen-bond donors (Lipinski definition) is 1. The van der Waals surface area contributed by atoms with Crippen LogP contribution < -0.4 is 10.5 Å². The van der Waals surface area contributed by atoms with Crippen molar-refractivity contribution in [3.05, 3.63) is 65.9 Å². The van der Waals surface area contributed by atoms with Gasteiger partial charge in [0.15, 0.2) is 0 Å². The van der Waals surface area contributed by atoms with Crippen molar-refractivity contribution in [1.29, 1.82) is 5.26 Å². The van der Waals surface area contributed by atoms with Crippen molar-refractivity contribution in [1.82, 2.24) is 4.98 Å². The summed E-state index contributed by atoms with van der Waals surface area (Å²) in [7, 11) is 0. The molecule has 4 nitrogen and oxygen atoms in total. The molecule has 0 saturated heterocycles. The molecule has 0 amide bonds. The van der Waals surface area contributed by atoms with Crippen molar-refractivity contribution in [2.45, 2.75) is 20.8 Å². The summed E-state index contributed by atoms with van der Waals surface area (Å²) < 4.78 is 5.78. The van der Waals surface area contributed by atoms with E-state index in [0.29, 0.717) is 18.1 Å².